The van der Waals surface area contributed by atoms with Crippen molar-refractivity contribution in [3.63, 3.8) is 0 Å². The molecule has 0 aliphatic heterocycles. The lowest BCUT2D eigenvalue weighted by Gasteiger charge is -1.99. The SMILES string of the molecule is CNc1cccc2sc(I)cc12. The molecule has 0 atom stereocenters. The first kappa shape index (κ1) is 8.31. The molecule has 1 N–H and O–H groups in total. The van der Waals surface area contributed by atoms with Crippen LogP contribution in [0, 0.1) is 2.88 Å². The van der Waals surface area contributed by atoms with E-state index in [1.165, 1.54) is 18.7 Å². The van der Waals surface area contributed by atoms with Gasteiger partial charge in [0.2, 0.25) is 0 Å². The summed E-state index contributed by atoms with van der Waals surface area (Å²) < 4.78 is 2.69. The van der Waals surface area contributed by atoms with Gasteiger partial charge in [-0.15, -0.1) is 11.3 Å². The Labute approximate surface area is 88.9 Å². The fourth-order valence-electron chi connectivity index (χ4n) is 1.25. The Morgan fingerprint density at radius 2 is 2.25 bits per heavy atom. The summed E-state index contributed by atoms with van der Waals surface area (Å²) in [5.74, 6) is 0. The molecular formula is C9H8INS. The molecule has 3 heteroatoms. The molecule has 1 aromatic heterocycles. The second kappa shape index (κ2) is 3.22. The predicted molar refractivity (Wildman–Crippen MR) is 64.1 cm³/mol. The van der Waals surface area contributed by atoms with Crippen molar-refractivity contribution in [1.29, 1.82) is 0 Å². The summed E-state index contributed by atoms with van der Waals surface area (Å²) in [6.07, 6.45) is 0. The Kier molecular flexibility index (Phi) is 2.23. The van der Waals surface area contributed by atoms with E-state index in [9.17, 15) is 0 Å². The smallest absolute Gasteiger partial charge is 0.0666 e. The first-order valence-electron chi connectivity index (χ1n) is 3.67. The molecule has 2 rings (SSSR count). The number of hydrogen-bond donors (Lipinski definition) is 1. The molecule has 0 bridgehead atoms. The maximum Gasteiger partial charge on any atom is 0.0666 e. The van der Waals surface area contributed by atoms with Crippen LogP contribution in [0.25, 0.3) is 10.1 Å². The third-order valence-corrected chi connectivity index (χ3v) is 3.66. The Bertz CT molecular complexity index is 408. The van der Waals surface area contributed by atoms with Gasteiger partial charge in [0.1, 0.15) is 0 Å². The van der Waals surface area contributed by atoms with Crippen LogP contribution in [-0.2, 0) is 0 Å². The molecular weight excluding hydrogens is 281 g/mol. The van der Waals surface area contributed by atoms with Crippen LogP contribution in [0.2, 0.25) is 0 Å². The van der Waals surface area contributed by atoms with E-state index >= 15 is 0 Å². The van der Waals surface area contributed by atoms with Crippen molar-refractivity contribution in [2.24, 2.45) is 0 Å². The predicted octanol–water partition coefficient (Wildman–Crippen LogP) is 3.55. The van der Waals surface area contributed by atoms with E-state index in [0.717, 1.165) is 0 Å². The van der Waals surface area contributed by atoms with Crippen molar-refractivity contribution in [2.45, 2.75) is 0 Å². The molecule has 0 aliphatic rings. The van der Waals surface area contributed by atoms with Crippen LogP contribution >= 0.6 is 33.9 Å². The number of nitrogens with one attached hydrogen (secondary N) is 1. The minimum absolute atomic E-state index is 1.21. The standard InChI is InChI=1S/C9H8INS/c1-11-7-3-2-4-8-6(7)5-9(10)12-8/h2-5,11H,1H3. The number of halogens is 1. The summed E-state index contributed by atoms with van der Waals surface area (Å²) in [6, 6.07) is 8.56. The van der Waals surface area contributed by atoms with Crippen molar-refractivity contribution in [3.05, 3.63) is 27.1 Å². The van der Waals surface area contributed by atoms with Gasteiger partial charge >= 0.3 is 0 Å². The van der Waals surface area contributed by atoms with E-state index in [1.54, 1.807) is 0 Å². The van der Waals surface area contributed by atoms with Crippen molar-refractivity contribution < 1.29 is 0 Å². The minimum Gasteiger partial charge on any atom is -0.388 e. The van der Waals surface area contributed by atoms with Crippen LogP contribution in [0.3, 0.4) is 0 Å². The molecule has 0 radical (unpaired) electrons. The summed E-state index contributed by atoms with van der Waals surface area (Å²) in [4.78, 5) is 0. The Morgan fingerprint density at radius 1 is 1.42 bits per heavy atom. The largest absolute Gasteiger partial charge is 0.388 e. The first-order valence-corrected chi connectivity index (χ1v) is 5.56. The molecule has 1 aromatic carbocycles. The van der Waals surface area contributed by atoms with Crippen LogP contribution in [0.15, 0.2) is 24.3 Å². The van der Waals surface area contributed by atoms with Gasteiger partial charge in [-0.25, -0.2) is 0 Å². The average molecular weight is 289 g/mol. The molecule has 0 spiro atoms. The first-order chi connectivity index (χ1) is 5.81. The van der Waals surface area contributed by atoms with Crippen molar-refractivity contribution >= 4 is 49.7 Å². The highest BCUT2D eigenvalue weighted by molar-refractivity contribution is 14.1. The maximum atomic E-state index is 3.19. The number of fused-ring (bicyclic) bond motifs is 1. The van der Waals surface area contributed by atoms with Gasteiger partial charge in [0, 0.05) is 22.8 Å². The zero-order chi connectivity index (χ0) is 8.55. The molecule has 0 saturated carbocycles. The zero-order valence-electron chi connectivity index (χ0n) is 6.60. The molecule has 1 nitrogen and oxygen atoms in total. The van der Waals surface area contributed by atoms with Crippen molar-refractivity contribution in [1.82, 2.24) is 0 Å². The normalized spacial score (nSPS) is 10.5. The topological polar surface area (TPSA) is 12.0 Å². The van der Waals surface area contributed by atoms with Gasteiger partial charge in [-0.2, -0.15) is 0 Å². The number of rotatable bonds is 1. The minimum atomic E-state index is 1.21. The lowest BCUT2D eigenvalue weighted by Crippen LogP contribution is -1.86. The van der Waals surface area contributed by atoms with Crippen LogP contribution in [-0.4, -0.2) is 7.05 Å². The van der Waals surface area contributed by atoms with E-state index in [0.29, 0.717) is 0 Å². The lowest BCUT2D eigenvalue weighted by molar-refractivity contribution is 1.55. The van der Waals surface area contributed by atoms with Gasteiger partial charge in [0.05, 0.1) is 2.88 Å². The van der Waals surface area contributed by atoms with E-state index in [-0.39, 0.29) is 0 Å². The maximum absolute atomic E-state index is 3.19. The van der Waals surface area contributed by atoms with E-state index < -0.39 is 0 Å². The van der Waals surface area contributed by atoms with Gasteiger partial charge in [-0.1, -0.05) is 6.07 Å². The van der Waals surface area contributed by atoms with Crippen molar-refractivity contribution in [2.75, 3.05) is 12.4 Å². The van der Waals surface area contributed by atoms with Gasteiger partial charge < -0.3 is 5.32 Å². The highest BCUT2D eigenvalue weighted by Gasteiger charge is 2.01. The quantitative estimate of drug-likeness (QED) is 0.792. The van der Waals surface area contributed by atoms with Crippen molar-refractivity contribution in [3.8, 4) is 0 Å². The molecule has 1 heterocycles. The Hall–Kier alpha value is -0.290. The van der Waals surface area contributed by atoms with E-state index in [1.807, 2.05) is 18.4 Å². The Balaban J connectivity index is 2.78. The monoisotopic (exact) mass is 289 g/mol. The van der Waals surface area contributed by atoms with E-state index in [2.05, 4.69) is 52.2 Å². The highest BCUT2D eigenvalue weighted by atomic mass is 127. The van der Waals surface area contributed by atoms with Crippen LogP contribution in [0.1, 0.15) is 0 Å². The summed E-state index contributed by atoms with van der Waals surface area (Å²) in [7, 11) is 1.96. The zero-order valence-corrected chi connectivity index (χ0v) is 9.57. The highest BCUT2D eigenvalue weighted by Crippen LogP contribution is 2.31. The number of benzene rings is 1. The second-order valence-corrected chi connectivity index (χ2v) is 5.50. The summed E-state index contributed by atoms with van der Waals surface area (Å²) in [5, 5.41) is 4.51. The van der Waals surface area contributed by atoms with Crippen LogP contribution in [0.5, 0.6) is 0 Å². The third kappa shape index (κ3) is 1.31. The Morgan fingerprint density at radius 3 is 3.00 bits per heavy atom. The van der Waals surface area contributed by atoms with Crippen LogP contribution in [0.4, 0.5) is 5.69 Å². The van der Waals surface area contributed by atoms with Gasteiger partial charge in [-0.05, 0) is 40.8 Å². The number of thiophene rings is 1. The molecule has 62 valence electrons. The lowest BCUT2D eigenvalue weighted by atomic mass is 10.2. The summed E-state index contributed by atoms with van der Waals surface area (Å²) >= 11 is 4.19. The van der Waals surface area contributed by atoms with Crippen LogP contribution < -0.4 is 5.32 Å². The van der Waals surface area contributed by atoms with Gasteiger partial charge in [0.15, 0.2) is 0 Å². The van der Waals surface area contributed by atoms with Gasteiger partial charge in [-0.3, -0.25) is 0 Å². The average Bonchev–Trinajstić information content (AvgIpc) is 2.44. The molecule has 12 heavy (non-hydrogen) atoms. The van der Waals surface area contributed by atoms with E-state index in [4.69, 9.17) is 0 Å². The molecule has 0 saturated heterocycles. The fourth-order valence-corrected chi connectivity index (χ4v) is 3.08. The molecule has 0 amide bonds. The molecule has 0 aliphatic carbocycles. The van der Waals surface area contributed by atoms with Gasteiger partial charge in [0.25, 0.3) is 0 Å². The summed E-state index contributed by atoms with van der Waals surface area (Å²) in [5.41, 5.74) is 1.21. The molecule has 2 aromatic rings. The molecule has 0 fully saturated rings. The molecule has 0 unspecified atom stereocenters. The number of hydrogen-bond acceptors (Lipinski definition) is 2. The fraction of sp³-hybridized carbons (Fsp3) is 0.111. The summed E-state index contributed by atoms with van der Waals surface area (Å²) in [6.45, 7) is 0. The number of anilines is 1. The second-order valence-electron chi connectivity index (χ2n) is 2.52. The third-order valence-electron chi connectivity index (χ3n) is 1.80.